The van der Waals surface area contributed by atoms with Gasteiger partial charge in [0.1, 0.15) is 17.7 Å². The molecule has 35 heavy (non-hydrogen) atoms. The Morgan fingerprint density at radius 1 is 1.03 bits per heavy atom. The first-order valence-corrected chi connectivity index (χ1v) is 13.2. The van der Waals surface area contributed by atoms with Crippen molar-refractivity contribution < 1.29 is 28.7 Å². The normalized spacial score (nSPS) is 22.7. The number of alkyl carbamates (subject to hydrolysis) is 1. The van der Waals surface area contributed by atoms with Gasteiger partial charge in [-0.25, -0.2) is 9.59 Å². The fourth-order valence-electron chi connectivity index (χ4n) is 5.06. The molecule has 2 N–H and O–H groups in total. The molecule has 0 aromatic rings. The highest BCUT2D eigenvalue weighted by atomic mass is 16.6. The van der Waals surface area contributed by atoms with Crippen molar-refractivity contribution in [1.82, 2.24) is 15.5 Å². The fourth-order valence-corrected chi connectivity index (χ4v) is 5.06. The number of nitrogens with one attached hydrogen (secondary N) is 2. The molecule has 4 atom stereocenters. The molecule has 9 heteroatoms. The van der Waals surface area contributed by atoms with Crippen molar-refractivity contribution in [1.29, 1.82) is 0 Å². The van der Waals surface area contributed by atoms with Crippen LogP contribution in [0.15, 0.2) is 0 Å². The maximum absolute atomic E-state index is 13.2. The SMILES string of the molecule is CCOC(=O)[C@@H]1C[C@@H](C2CCCCC2)CN1C(=O)CNC(=O)[C@@H](NC(=O)OC(C)(C)C)[C@@H](C)CC. The summed E-state index contributed by atoms with van der Waals surface area (Å²) in [5.41, 5.74) is -0.691. The highest BCUT2D eigenvalue weighted by molar-refractivity contribution is 5.91. The quantitative estimate of drug-likeness (QED) is 0.474. The molecule has 1 saturated carbocycles. The molecule has 200 valence electrons. The summed E-state index contributed by atoms with van der Waals surface area (Å²) in [5, 5.41) is 5.32. The lowest BCUT2D eigenvalue weighted by Crippen LogP contribution is -2.53. The van der Waals surface area contributed by atoms with E-state index in [2.05, 4.69) is 10.6 Å². The molecule has 0 spiro atoms. The molecule has 1 aliphatic heterocycles. The summed E-state index contributed by atoms with van der Waals surface area (Å²) in [6, 6.07) is -1.45. The standard InChI is InChI=1S/C26H45N3O6/c1-7-17(3)22(28-25(33)35-26(4,5)6)23(31)27-15-21(30)29-16-19(18-12-10-9-11-13-18)14-20(29)24(32)34-8-2/h17-20,22H,7-16H2,1-6H3,(H,27,31)(H,28,33)/t17-,19+,20-,22-/m0/s1. The van der Waals surface area contributed by atoms with Crippen LogP contribution in [-0.4, -0.2) is 66.2 Å². The molecule has 9 nitrogen and oxygen atoms in total. The molecule has 2 aliphatic rings. The van der Waals surface area contributed by atoms with Crippen molar-refractivity contribution in [2.75, 3.05) is 19.7 Å². The molecule has 0 aromatic carbocycles. The van der Waals surface area contributed by atoms with Gasteiger partial charge in [0.15, 0.2) is 0 Å². The van der Waals surface area contributed by atoms with Crippen LogP contribution < -0.4 is 10.6 Å². The number of amides is 3. The molecule has 1 saturated heterocycles. The van der Waals surface area contributed by atoms with Crippen molar-refractivity contribution in [3.63, 3.8) is 0 Å². The minimum Gasteiger partial charge on any atom is -0.464 e. The van der Waals surface area contributed by atoms with E-state index >= 15 is 0 Å². The minimum atomic E-state index is -0.836. The molecule has 3 amide bonds. The van der Waals surface area contributed by atoms with Gasteiger partial charge in [-0.05, 0) is 51.9 Å². The number of esters is 1. The first-order chi connectivity index (χ1) is 16.5. The van der Waals surface area contributed by atoms with Crippen molar-refractivity contribution in [3.8, 4) is 0 Å². The number of carbonyl (C=O) groups is 4. The summed E-state index contributed by atoms with van der Waals surface area (Å²) >= 11 is 0. The van der Waals surface area contributed by atoms with Gasteiger partial charge in [-0.15, -0.1) is 0 Å². The van der Waals surface area contributed by atoms with Crippen LogP contribution in [0.25, 0.3) is 0 Å². The summed E-state index contributed by atoms with van der Waals surface area (Å²) in [7, 11) is 0. The van der Waals surface area contributed by atoms with E-state index in [1.807, 2.05) is 13.8 Å². The number of hydrogen-bond acceptors (Lipinski definition) is 6. The van der Waals surface area contributed by atoms with E-state index in [-0.39, 0.29) is 36.9 Å². The van der Waals surface area contributed by atoms with E-state index in [9.17, 15) is 19.2 Å². The molecular formula is C26H45N3O6. The average molecular weight is 496 g/mol. The summed E-state index contributed by atoms with van der Waals surface area (Å²) in [6.07, 6.45) is 6.47. The fraction of sp³-hybridized carbons (Fsp3) is 0.846. The summed E-state index contributed by atoms with van der Waals surface area (Å²) in [5.74, 6) is -0.516. The molecule has 0 unspecified atom stereocenters. The van der Waals surface area contributed by atoms with Crippen LogP contribution in [0.1, 0.15) is 86.5 Å². The highest BCUT2D eigenvalue weighted by Crippen LogP contribution is 2.37. The zero-order valence-corrected chi connectivity index (χ0v) is 22.4. The molecule has 0 radical (unpaired) electrons. The van der Waals surface area contributed by atoms with Gasteiger partial charge in [0.25, 0.3) is 0 Å². The Balaban J connectivity index is 2.03. The maximum Gasteiger partial charge on any atom is 0.408 e. The Labute approximate surface area is 210 Å². The van der Waals surface area contributed by atoms with E-state index in [1.165, 1.54) is 19.3 Å². The Morgan fingerprint density at radius 2 is 1.69 bits per heavy atom. The van der Waals surface area contributed by atoms with Gasteiger partial charge < -0.3 is 25.0 Å². The third-order valence-electron chi connectivity index (χ3n) is 7.11. The number of likely N-dealkylation sites (tertiary alicyclic amines) is 1. The van der Waals surface area contributed by atoms with Gasteiger partial charge in [0, 0.05) is 6.54 Å². The number of rotatable bonds is 9. The zero-order chi connectivity index (χ0) is 26.2. The van der Waals surface area contributed by atoms with Gasteiger partial charge in [-0.3, -0.25) is 9.59 Å². The van der Waals surface area contributed by atoms with Crippen molar-refractivity contribution in [2.45, 2.75) is 104 Å². The van der Waals surface area contributed by atoms with Crippen LogP contribution in [0.2, 0.25) is 0 Å². The van der Waals surface area contributed by atoms with E-state index < -0.39 is 29.7 Å². The van der Waals surface area contributed by atoms with Crippen molar-refractivity contribution >= 4 is 23.9 Å². The van der Waals surface area contributed by atoms with Crippen LogP contribution in [0, 0.1) is 17.8 Å². The lowest BCUT2D eigenvalue weighted by atomic mass is 9.79. The summed E-state index contributed by atoms with van der Waals surface area (Å²) < 4.78 is 10.5. The molecular weight excluding hydrogens is 450 g/mol. The largest absolute Gasteiger partial charge is 0.464 e. The molecule has 2 rings (SSSR count). The van der Waals surface area contributed by atoms with Crippen LogP contribution in [-0.2, 0) is 23.9 Å². The van der Waals surface area contributed by atoms with Crippen LogP contribution in [0.4, 0.5) is 4.79 Å². The van der Waals surface area contributed by atoms with Gasteiger partial charge in [0.05, 0.1) is 13.2 Å². The average Bonchev–Trinajstić information content (AvgIpc) is 3.26. The van der Waals surface area contributed by atoms with Crippen molar-refractivity contribution in [3.05, 3.63) is 0 Å². The van der Waals surface area contributed by atoms with E-state index in [0.29, 0.717) is 25.3 Å². The summed E-state index contributed by atoms with van der Waals surface area (Å²) in [6.45, 7) is 11.3. The van der Waals surface area contributed by atoms with Gasteiger partial charge in [0.2, 0.25) is 11.8 Å². The van der Waals surface area contributed by atoms with Crippen LogP contribution in [0.3, 0.4) is 0 Å². The third-order valence-corrected chi connectivity index (χ3v) is 7.11. The third kappa shape index (κ3) is 8.69. The predicted molar refractivity (Wildman–Crippen MR) is 132 cm³/mol. The van der Waals surface area contributed by atoms with E-state index in [1.54, 1.807) is 32.6 Å². The topological polar surface area (TPSA) is 114 Å². The number of carbonyl (C=O) groups excluding carboxylic acids is 4. The first kappa shape index (κ1) is 28.9. The lowest BCUT2D eigenvalue weighted by Gasteiger charge is -2.28. The summed E-state index contributed by atoms with van der Waals surface area (Å²) in [4.78, 5) is 52.6. The van der Waals surface area contributed by atoms with Crippen LogP contribution >= 0.6 is 0 Å². The molecule has 0 bridgehead atoms. The lowest BCUT2D eigenvalue weighted by molar-refractivity contribution is -0.152. The predicted octanol–water partition coefficient (Wildman–Crippen LogP) is 3.40. The second-order valence-corrected chi connectivity index (χ2v) is 10.9. The second-order valence-electron chi connectivity index (χ2n) is 10.9. The van der Waals surface area contributed by atoms with Gasteiger partial charge in [-0.1, -0.05) is 52.4 Å². The number of nitrogens with zero attached hydrogens (tertiary/aromatic N) is 1. The Bertz CT molecular complexity index is 744. The van der Waals surface area contributed by atoms with Crippen molar-refractivity contribution in [2.24, 2.45) is 17.8 Å². The van der Waals surface area contributed by atoms with Crippen LogP contribution in [0.5, 0.6) is 0 Å². The maximum atomic E-state index is 13.2. The first-order valence-electron chi connectivity index (χ1n) is 13.2. The number of ether oxygens (including phenoxy) is 2. The Hall–Kier alpha value is -2.32. The van der Waals surface area contributed by atoms with Gasteiger partial charge >= 0.3 is 12.1 Å². The molecule has 1 heterocycles. The second kappa shape index (κ2) is 13.1. The number of hydrogen-bond donors (Lipinski definition) is 2. The molecule has 1 aliphatic carbocycles. The Morgan fingerprint density at radius 3 is 2.26 bits per heavy atom. The zero-order valence-electron chi connectivity index (χ0n) is 22.4. The van der Waals surface area contributed by atoms with Gasteiger partial charge in [-0.2, -0.15) is 0 Å². The molecule has 0 aromatic heterocycles. The smallest absolute Gasteiger partial charge is 0.408 e. The minimum absolute atomic E-state index is 0.160. The van der Waals surface area contributed by atoms with E-state index in [4.69, 9.17) is 9.47 Å². The Kier molecular flexibility index (Phi) is 10.8. The molecule has 2 fully saturated rings. The van der Waals surface area contributed by atoms with E-state index in [0.717, 1.165) is 12.8 Å². The monoisotopic (exact) mass is 495 g/mol. The highest BCUT2D eigenvalue weighted by Gasteiger charge is 2.43.